The third kappa shape index (κ3) is 2.73. The van der Waals surface area contributed by atoms with Gasteiger partial charge in [-0.2, -0.15) is 0 Å². The molecule has 3 unspecified atom stereocenters. The van der Waals surface area contributed by atoms with Gasteiger partial charge in [0.25, 0.3) is 0 Å². The highest BCUT2D eigenvalue weighted by atomic mass is 35.5. The smallest absolute Gasteiger partial charge is 0.123 e. The SMILES string of the molecule is COc1ccc(Cl)cc1C(N)C1COC(C)C1. The van der Waals surface area contributed by atoms with Crippen molar-refractivity contribution in [2.75, 3.05) is 13.7 Å². The van der Waals surface area contributed by atoms with E-state index in [9.17, 15) is 0 Å². The summed E-state index contributed by atoms with van der Waals surface area (Å²) >= 11 is 6.01. The van der Waals surface area contributed by atoms with Crippen molar-refractivity contribution in [2.45, 2.75) is 25.5 Å². The fourth-order valence-corrected chi connectivity index (χ4v) is 2.50. The lowest BCUT2D eigenvalue weighted by Crippen LogP contribution is -2.22. The number of nitrogens with two attached hydrogens (primary N) is 1. The Kier molecular flexibility index (Phi) is 3.92. The summed E-state index contributed by atoms with van der Waals surface area (Å²) in [5.74, 6) is 1.12. The van der Waals surface area contributed by atoms with Crippen LogP contribution in [0.25, 0.3) is 0 Å². The fraction of sp³-hybridized carbons (Fsp3) is 0.538. The molecule has 0 aliphatic carbocycles. The Morgan fingerprint density at radius 2 is 2.29 bits per heavy atom. The highest BCUT2D eigenvalue weighted by molar-refractivity contribution is 6.30. The number of benzene rings is 1. The summed E-state index contributed by atoms with van der Waals surface area (Å²) in [6, 6.07) is 5.46. The highest BCUT2D eigenvalue weighted by Gasteiger charge is 2.29. The lowest BCUT2D eigenvalue weighted by atomic mass is 9.91. The predicted octanol–water partition coefficient (Wildman–Crippen LogP) is 2.77. The zero-order valence-corrected chi connectivity index (χ0v) is 10.9. The van der Waals surface area contributed by atoms with Gasteiger partial charge < -0.3 is 15.2 Å². The second kappa shape index (κ2) is 5.25. The van der Waals surface area contributed by atoms with E-state index in [1.807, 2.05) is 18.2 Å². The number of methoxy groups -OCH3 is 1. The van der Waals surface area contributed by atoms with Gasteiger partial charge in [-0.1, -0.05) is 11.6 Å². The van der Waals surface area contributed by atoms with Crippen molar-refractivity contribution < 1.29 is 9.47 Å². The number of ether oxygens (including phenoxy) is 2. The molecule has 2 N–H and O–H groups in total. The van der Waals surface area contributed by atoms with Gasteiger partial charge >= 0.3 is 0 Å². The monoisotopic (exact) mass is 255 g/mol. The van der Waals surface area contributed by atoms with Crippen molar-refractivity contribution in [3.8, 4) is 5.75 Å². The molecule has 3 nitrogen and oxygen atoms in total. The standard InChI is InChI=1S/C13H18ClNO2/c1-8-5-9(7-17-8)13(15)11-6-10(14)3-4-12(11)16-2/h3-4,6,8-9,13H,5,7,15H2,1-2H3. The number of halogens is 1. The van der Waals surface area contributed by atoms with E-state index < -0.39 is 0 Å². The maximum atomic E-state index is 6.29. The maximum absolute atomic E-state index is 6.29. The Morgan fingerprint density at radius 3 is 2.88 bits per heavy atom. The lowest BCUT2D eigenvalue weighted by Gasteiger charge is -2.20. The fourth-order valence-electron chi connectivity index (χ4n) is 2.32. The molecular weight excluding hydrogens is 238 g/mol. The average molecular weight is 256 g/mol. The molecule has 0 amide bonds. The van der Waals surface area contributed by atoms with Crippen molar-refractivity contribution in [1.29, 1.82) is 0 Å². The molecule has 0 spiro atoms. The van der Waals surface area contributed by atoms with Crippen LogP contribution in [0, 0.1) is 5.92 Å². The molecule has 0 saturated carbocycles. The largest absolute Gasteiger partial charge is 0.496 e. The van der Waals surface area contributed by atoms with Gasteiger partial charge in [0.1, 0.15) is 5.75 Å². The highest BCUT2D eigenvalue weighted by Crippen LogP contribution is 2.35. The Balaban J connectivity index is 2.23. The minimum atomic E-state index is -0.0893. The molecule has 1 aromatic carbocycles. The number of hydrogen-bond donors (Lipinski definition) is 1. The van der Waals surface area contributed by atoms with E-state index in [0.29, 0.717) is 17.5 Å². The van der Waals surface area contributed by atoms with Gasteiger partial charge in [0.05, 0.1) is 19.8 Å². The third-order valence-corrected chi connectivity index (χ3v) is 3.52. The Bertz CT molecular complexity index is 397. The average Bonchev–Trinajstić information content (AvgIpc) is 2.75. The summed E-state index contributed by atoms with van der Waals surface area (Å²) in [5.41, 5.74) is 7.25. The molecule has 1 aliphatic heterocycles. The molecule has 4 heteroatoms. The summed E-state index contributed by atoms with van der Waals surface area (Å²) in [4.78, 5) is 0. The molecule has 3 atom stereocenters. The zero-order chi connectivity index (χ0) is 12.4. The van der Waals surface area contributed by atoms with Crippen LogP contribution in [0.15, 0.2) is 18.2 Å². The molecule has 94 valence electrons. The van der Waals surface area contributed by atoms with Crippen LogP contribution in [0.1, 0.15) is 24.9 Å². The van der Waals surface area contributed by atoms with E-state index in [0.717, 1.165) is 17.7 Å². The van der Waals surface area contributed by atoms with E-state index in [1.54, 1.807) is 7.11 Å². The molecule has 0 bridgehead atoms. The summed E-state index contributed by atoms with van der Waals surface area (Å²) in [7, 11) is 1.65. The van der Waals surface area contributed by atoms with Crippen LogP contribution in [0.3, 0.4) is 0 Å². The molecule has 1 saturated heterocycles. The molecule has 17 heavy (non-hydrogen) atoms. The first-order valence-electron chi connectivity index (χ1n) is 5.82. The Hall–Kier alpha value is -0.770. The second-order valence-electron chi connectivity index (χ2n) is 4.55. The van der Waals surface area contributed by atoms with Gasteiger partial charge in [-0.3, -0.25) is 0 Å². The van der Waals surface area contributed by atoms with Crippen molar-refractivity contribution in [3.63, 3.8) is 0 Å². The van der Waals surface area contributed by atoms with Crippen LogP contribution in [0.2, 0.25) is 5.02 Å². The van der Waals surface area contributed by atoms with Crippen molar-refractivity contribution in [1.82, 2.24) is 0 Å². The van der Waals surface area contributed by atoms with E-state index >= 15 is 0 Å². The van der Waals surface area contributed by atoms with Crippen LogP contribution in [0.5, 0.6) is 5.75 Å². The summed E-state index contributed by atoms with van der Waals surface area (Å²) in [6.07, 6.45) is 1.27. The topological polar surface area (TPSA) is 44.5 Å². The molecule has 1 heterocycles. The molecule has 1 aliphatic rings. The molecule has 0 radical (unpaired) electrons. The van der Waals surface area contributed by atoms with Crippen LogP contribution >= 0.6 is 11.6 Å². The first kappa shape index (κ1) is 12.7. The van der Waals surface area contributed by atoms with Crippen LogP contribution in [-0.2, 0) is 4.74 Å². The summed E-state index contributed by atoms with van der Waals surface area (Å²) in [5, 5.41) is 0.684. The number of rotatable bonds is 3. The first-order valence-corrected chi connectivity index (χ1v) is 6.20. The first-order chi connectivity index (χ1) is 8.11. The lowest BCUT2D eigenvalue weighted by molar-refractivity contribution is 0.118. The Morgan fingerprint density at radius 1 is 1.53 bits per heavy atom. The molecule has 0 aromatic heterocycles. The number of hydrogen-bond acceptors (Lipinski definition) is 3. The summed E-state index contributed by atoms with van der Waals surface area (Å²) < 4.78 is 10.9. The minimum Gasteiger partial charge on any atom is -0.496 e. The van der Waals surface area contributed by atoms with E-state index in [2.05, 4.69) is 6.92 Å². The van der Waals surface area contributed by atoms with Gasteiger partial charge in [0, 0.05) is 22.5 Å². The van der Waals surface area contributed by atoms with Gasteiger partial charge in [-0.05, 0) is 31.5 Å². The Labute approximate surface area is 107 Å². The predicted molar refractivity (Wildman–Crippen MR) is 68.5 cm³/mol. The van der Waals surface area contributed by atoms with Gasteiger partial charge in [-0.25, -0.2) is 0 Å². The van der Waals surface area contributed by atoms with E-state index in [1.165, 1.54) is 0 Å². The second-order valence-corrected chi connectivity index (χ2v) is 4.99. The molecular formula is C13H18ClNO2. The van der Waals surface area contributed by atoms with E-state index in [4.69, 9.17) is 26.8 Å². The van der Waals surface area contributed by atoms with Crippen molar-refractivity contribution >= 4 is 11.6 Å². The molecule has 2 rings (SSSR count). The molecule has 1 fully saturated rings. The maximum Gasteiger partial charge on any atom is 0.123 e. The molecule has 1 aromatic rings. The van der Waals surface area contributed by atoms with Crippen molar-refractivity contribution in [3.05, 3.63) is 28.8 Å². The normalized spacial score (nSPS) is 25.9. The minimum absolute atomic E-state index is 0.0893. The van der Waals surface area contributed by atoms with E-state index in [-0.39, 0.29) is 12.1 Å². The van der Waals surface area contributed by atoms with Crippen LogP contribution in [0.4, 0.5) is 0 Å². The van der Waals surface area contributed by atoms with Crippen LogP contribution in [-0.4, -0.2) is 19.8 Å². The third-order valence-electron chi connectivity index (χ3n) is 3.29. The quantitative estimate of drug-likeness (QED) is 0.903. The van der Waals surface area contributed by atoms with Crippen LogP contribution < -0.4 is 10.5 Å². The van der Waals surface area contributed by atoms with Gasteiger partial charge in [0.2, 0.25) is 0 Å². The van der Waals surface area contributed by atoms with Gasteiger partial charge in [0.15, 0.2) is 0 Å². The zero-order valence-electron chi connectivity index (χ0n) is 10.2. The van der Waals surface area contributed by atoms with Gasteiger partial charge in [-0.15, -0.1) is 0 Å². The van der Waals surface area contributed by atoms with Crippen molar-refractivity contribution in [2.24, 2.45) is 11.7 Å². The summed E-state index contributed by atoms with van der Waals surface area (Å²) in [6.45, 7) is 2.78.